The van der Waals surface area contributed by atoms with Crippen LogP contribution in [0.5, 0.6) is 5.75 Å². The van der Waals surface area contributed by atoms with E-state index in [1.54, 1.807) is 12.1 Å². The average Bonchev–Trinajstić information content (AvgIpc) is 2.31. The van der Waals surface area contributed by atoms with Crippen molar-refractivity contribution in [1.29, 1.82) is 0 Å². The number of amides is 1. The highest BCUT2D eigenvalue weighted by atomic mass is 79.9. The van der Waals surface area contributed by atoms with Crippen LogP contribution in [0.2, 0.25) is 0 Å². The molecule has 0 spiro atoms. The summed E-state index contributed by atoms with van der Waals surface area (Å²) >= 11 is 3.29. The minimum absolute atomic E-state index is 0.0374. The Bertz CT molecular complexity index is 463. The molecule has 0 aromatic heterocycles. The first-order valence-corrected chi connectivity index (χ1v) is 7.08. The van der Waals surface area contributed by atoms with Crippen molar-refractivity contribution in [3.05, 3.63) is 28.2 Å². The normalized spacial score (nSPS) is 14.2. The van der Waals surface area contributed by atoms with E-state index in [0.717, 1.165) is 10.9 Å². The smallest absolute Gasteiger partial charge is 0.255 e. The molecule has 106 valence electrons. The topological polar surface area (TPSA) is 75.3 Å². The van der Waals surface area contributed by atoms with Gasteiger partial charge in [-0.2, -0.15) is 0 Å². The summed E-state index contributed by atoms with van der Waals surface area (Å²) in [5.74, 6) is 0.0713. The van der Waals surface area contributed by atoms with Crippen molar-refractivity contribution >= 4 is 21.8 Å². The molecule has 1 aromatic rings. The van der Waals surface area contributed by atoms with Crippen molar-refractivity contribution in [2.45, 2.75) is 32.7 Å². The highest BCUT2D eigenvalue weighted by Crippen LogP contribution is 2.23. The number of nitrogens with one attached hydrogen (secondary N) is 1. The lowest BCUT2D eigenvalue weighted by molar-refractivity contribution is 0.0895. The van der Waals surface area contributed by atoms with E-state index in [1.807, 2.05) is 6.92 Å². The molecule has 1 amide bonds. The number of rotatable bonds is 5. The molecule has 4 N–H and O–H groups in total. The van der Waals surface area contributed by atoms with Gasteiger partial charge in [-0.15, -0.1) is 0 Å². The van der Waals surface area contributed by atoms with Crippen LogP contribution in [0.25, 0.3) is 0 Å². The van der Waals surface area contributed by atoms with Crippen LogP contribution in [0.3, 0.4) is 0 Å². The zero-order valence-corrected chi connectivity index (χ0v) is 13.1. The Labute approximate surface area is 122 Å². The number of carbonyl (C=O) groups excluding carboxylic acids is 1. The predicted molar refractivity (Wildman–Crippen MR) is 80.2 cm³/mol. The summed E-state index contributed by atoms with van der Waals surface area (Å²) < 4.78 is 0.744. The van der Waals surface area contributed by atoms with E-state index in [9.17, 15) is 9.90 Å². The third-order valence-corrected chi connectivity index (χ3v) is 3.42. The summed E-state index contributed by atoms with van der Waals surface area (Å²) in [6.07, 6.45) is 0.782. The van der Waals surface area contributed by atoms with E-state index >= 15 is 0 Å². The molecule has 1 aromatic carbocycles. The number of aromatic hydroxyl groups is 1. The Morgan fingerprint density at radius 1 is 1.53 bits per heavy atom. The maximum absolute atomic E-state index is 12.2. The second kappa shape index (κ2) is 6.39. The van der Waals surface area contributed by atoms with Crippen molar-refractivity contribution in [1.82, 2.24) is 5.32 Å². The van der Waals surface area contributed by atoms with Gasteiger partial charge in [-0.1, -0.05) is 29.8 Å². The summed E-state index contributed by atoms with van der Waals surface area (Å²) in [6.45, 7) is 6.43. The van der Waals surface area contributed by atoms with Crippen LogP contribution >= 0.6 is 15.9 Å². The van der Waals surface area contributed by atoms with Crippen LogP contribution in [-0.2, 0) is 0 Å². The third kappa shape index (κ3) is 4.51. The van der Waals surface area contributed by atoms with Gasteiger partial charge < -0.3 is 16.2 Å². The fraction of sp³-hybridized carbons (Fsp3) is 0.500. The SMILES string of the molecule is CC(C)CC(C)(CN)NC(=O)c1cc(Br)ccc1O. The second-order valence-electron chi connectivity index (χ2n) is 5.48. The fourth-order valence-electron chi connectivity index (χ4n) is 2.12. The quantitative estimate of drug-likeness (QED) is 0.777. The van der Waals surface area contributed by atoms with Crippen molar-refractivity contribution in [2.75, 3.05) is 6.54 Å². The molecule has 0 heterocycles. The summed E-state index contributed by atoms with van der Waals surface area (Å²) in [5, 5.41) is 12.7. The first-order chi connectivity index (χ1) is 8.77. The van der Waals surface area contributed by atoms with E-state index in [0.29, 0.717) is 12.5 Å². The van der Waals surface area contributed by atoms with Gasteiger partial charge in [0.25, 0.3) is 5.91 Å². The molecule has 1 rings (SSSR count). The first kappa shape index (κ1) is 16.0. The van der Waals surface area contributed by atoms with Crippen LogP contribution in [0, 0.1) is 5.92 Å². The maximum Gasteiger partial charge on any atom is 0.255 e. The number of halogens is 1. The van der Waals surface area contributed by atoms with E-state index in [2.05, 4.69) is 35.1 Å². The molecule has 0 aliphatic carbocycles. The Kier molecular flexibility index (Phi) is 5.38. The molecule has 19 heavy (non-hydrogen) atoms. The zero-order valence-electron chi connectivity index (χ0n) is 11.5. The van der Waals surface area contributed by atoms with E-state index in [4.69, 9.17) is 5.73 Å². The van der Waals surface area contributed by atoms with Crippen molar-refractivity contribution < 1.29 is 9.90 Å². The zero-order chi connectivity index (χ0) is 14.6. The Morgan fingerprint density at radius 2 is 2.16 bits per heavy atom. The van der Waals surface area contributed by atoms with Gasteiger partial charge in [-0.3, -0.25) is 4.79 Å². The highest BCUT2D eigenvalue weighted by molar-refractivity contribution is 9.10. The molecule has 0 radical (unpaired) electrons. The van der Waals surface area contributed by atoms with Crippen LogP contribution in [0.4, 0.5) is 0 Å². The van der Waals surface area contributed by atoms with E-state index in [1.165, 1.54) is 6.07 Å². The van der Waals surface area contributed by atoms with Crippen LogP contribution in [0.1, 0.15) is 37.6 Å². The summed E-state index contributed by atoms with van der Waals surface area (Å²) in [5.41, 5.74) is 5.54. The second-order valence-corrected chi connectivity index (χ2v) is 6.39. The molecule has 0 aliphatic heterocycles. The van der Waals surface area contributed by atoms with E-state index < -0.39 is 5.54 Å². The van der Waals surface area contributed by atoms with Gasteiger partial charge in [0.05, 0.1) is 5.56 Å². The molecule has 0 aliphatic rings. The number of carbonyl (C=O) groups is 1. The number of hydrogen-bond acceptors (Lipinski definition) is 3. The van der Waals surface area contributed by atoms with Crippen LogP contribution in [0.15, 0.2) is 22.7 Å². The largest absolute Gasteiger partial charge is 0.507 e. The fourth-order valence-corrected chi connectivity index (χ4v) is 2.48. The van der Waals surface area contributed by atoms with Gasteiger partial charge >= 0.3 is 0 Å². The monoisotopic (exact) mass is 328 g/mol. The molecule has 4 nitrogen and oxygen atoms in total. The molecular weight excluding hydrogens is 308 g/mol. The Balaban J connectivity index is 2.91. The molecule has 5 heteroatoms. The highest BCUT2D eigenvalue weighted by Gasteiger charge is 2.27. The maximum atomic E-state index is 12.2. The van der Waals surface area contributed by atoms with Gasteiger partial charge in [-0.25, -0.2) is 0 Å². The minimum Gasteiger partial charge on any atom is -0.507 e. The molecule has 0 saturated carbocycles. The number of phenolic OH excluding ortho intramolecular Hbond substituents is 1. The molecule has 0 fully saturated rings. The Hall–Kier alpha value is -1.07. The van der Waals surface area contributed by atoms with E-state index in [-0.39, 0.29) is 17.2 Å². The van der Waals surface area contributed by atoms with Gasteiger partial charge in [0.2, 0.25) is 0 Å². The predicted octanol–water partition coefficient (Wildman–Crippen LogP) is 2.65. The van der Waals surface area contributed by atoms with Crippen LogP contribution in [-0.4, -0.2) is 23.1 Å². The third-order valence-electron chi connectivity index (χ3n) is 2.93. The molecule has 0 bridgehead atoms. The van der Waals surface area contributed by atoms with Crippen molar-refractivity contribution in [2.24, 2.45) is 11.7 Å². The molecule has 1 atom stereocenters. The number of phenols is 1. The first-order valence-electron chi connectivity index (χ1n) is 6.28. The molecular formula is C14H21BrN2O2. The number of nitrogens with two attached hydrogens (primary N) is 1. The molecule has 1 unspecified atom stereocenters. The lowest BCUT2D eigenvalue weighted by Gasteiger charge is -2.31. The average molecular weight is 329 g/mol. The van der Waals surface area contributed by atoms with Gasteiger partial charge in [-0.05, 0) is 37.5 Å². The summed E-state index contributed by atoms with van der Waals surface area (Å²) in [4.78, 5) is 12.2. The Morgan fingerprint density at radius 3 is 2.68 bits per heavy atom. The van der Waals surface area contributed by atoms with Gasteiger partial charge in [0.1, 0.15) is 5.75 Å². The number of benzene rings is 1. The number of hydrogen-bond donors (Lipinski definition) is 3. The van der Waals surface area contributed by atoms with Crippen molar-refractivity contribution in [3.8, 4) is 5.75 Å². The van der Waals surface area contributed by atoms with Crippen LogP contribution < -0.4 is 11.1 Å². The van der Waals surface area contributed by atoms with Gasteiger partial charge in [0, 0.05) is 16.6 Å². The lowest BCUT2D eigenvalue weighted by Crippen LogP contribution is -2.52. The van der Waals surface area contributed by atoms with Gasteiger partial charge in [0.15, 0.2) is 0 Å². The standard InChI is InChI=1S/C14H21BrN2O2/c1-9(2)7-14(3,8-16)17-13(19)11-6-10(15)4-5-12(11)18/h4-6,9,18H,7-8,16H2,1-3H3,(H,17,19). The van der Waals surface area contributed by atoms with Crippen molar-refractivity contribution in [3.63, 3.8) is 0 Å². The minimum atomic E-state index is -0.472. The molecule has 0 saturated heterocycles. The lowest BCUT2D eigenvalue weighted by atomic mass is 9.90. The summed E-state index contributed by atoms with van der Waals surface area (Å²) in [7, 11) is 0. The summed E-state index contributed by atoms with van der Waals surface area (Å²) in [6, 6.07) is 4.76.